The summed E-state index contributed by atoms with van der Waals surface area (Å²) in [6, 6.07) is 9.94. The fourth-order valence-electron chi connectivity index (χ4n) is 0.804. The molecule has 1 aromatic rings. The number of hydrogen-bond donors (Lipinski definition) is 4. The number of hydrogen-bond acceptors (Lipinski definition) is 3. The zero-order chi connectivity index (χ0) is 11.9. The van der Waals surface area contributed by atoms with Gasteiger partial charge < -0.3 is 33.0 Å². The van der Waals surface area contributed by atoms with Gasteiger partial charge in [0.2, 0.25) is 0 Å². The van der Waals surface area contributed by atoms with Crippen molar-refractivity contribution >= 4 is 20.5 Å². The number of rotatable bonds is 2. The third-order valence-electron chi connectivity index (χ3n) is 1.39. The molecule has 0 aliphatic carbocycles. The molecule has 0 aromatic heterocycles. The van der Waals surface area contributed by atoms with Gasteiger partial charge in [0, 0.05) is 0 Å². The van der Waals surface area contributed by atoms with E-state index in [1.54, 1.807) is 0 Å². The van der Waals surface area contributed by atoms with Crippen LogP contribution in [0.2, 0.25) is 0 Å². The van der Waals surface area contributed by atoms with Gasteiger partial charge in [0.05, 0.1) is 0 Å². The van der Waals surface area contributed by atoms with Crippen LogP contribution in [0.3, 0.4) is 0 Å². The van der Waals surface area contributed by atoms with Crippen LogP contribution in [-0.4, -0.2) is 21.2 Å². The second kappa shape index (κ2) is 9.65. The maximum absolute atomic E-state index is 8.88. The smallest absolute Gasteiger partial charge is 0.783 e. The molecule has 0 fully saturated rings. The number of phosphoric acid groups is 1. The molecule has 0 radical (unpaired) electrons. The molecular formula is C8H13NNaO4PS. The first kappa shape index (κ1) is 19.0. The standard InChI is InChI=1S/C8H11NS.Na.H3O4P/c9-6-8(10)7-4-2-1-3-5-7;;1-5(2,3)4/h1-5,8,10H,6,9H2;;(H3,1,2,3,4)/q;+1;/p-1. The fourth-order valence-corrected chi connectivity index (χ4v) is 0.961. The van der Waals surface area contributed by atoms with Crippen LogP contribution in [0.25, 0.3) is 0 Å². The van der Waals surface area contributed by atoms with Gasteiger partial charge in [-0.3, -0.25) is 0 Å². The third kappa shape index (κ3) is 12.7. The van der Waals surface area contributed by atoms with E-state index in [-0.39, 0.29) is 34.8 Å². The van der Waals surface area contributed by atoms with Crippen molar-refractivity contribution in [3.63, 3.8) is 0 Å². The first-order valence-electron chi connectivity index (χ1n) is 4.03. The Kier molecular flexibility index (Phi) is 11.5. The van der Waals surface area contributed by atoms with Crippen LogP contribution in [-0.2, 0) is 17.2 Å². The van der Waals surface area contributed by atoms with E-state index < -0.39 is 7.82 Å². The van der Waals surface area contributed by atoms with Crippen LogP contribution < -0.4 is 35.3 Å². The summed E-state index contributed by atoms with van der Waals surface area (Å²) < 4.78 is 8.88. The summed E-state index contributed by atoms with van der Waals surface area (Å²) in [5.74, 6) is 0. The van der Waals surface area contributed by atoms with Crippen molar-refractivity contribution in [2.75, 3.05) is 6.54 Å². The predicted molar refractivity (Wildman–Crippen MR) is 59.9 cm³/mol. The average Bonchev–Trinajstić information content (AvgIpc) is 2.15. The van der Waals surface area contributed by atoms with Gasteiger partial charge in [-0.2, -0.15) is 0 Å². The molecule has 1 rings (SSSR count). The van der Waals surface area contributed by atoms with Crippen molar-refractivity contribution < 1.29 is 48.8 Å². The molecule has 8 heteroatoms. The van der Waals surface area contributed by atoms with Crippen molar-refractivity contribution in [2.45, 2.75) is 5.25 Å². The predicted octanol–water partition coefficient (Wildman–Crippen LogP) is -2.69. The summed E-state index contributed by atoms with van der Waals surface area (Å²) in [4.78, 5) is 21.6. The van der Waals surface area contributed by atoms with Gasteiger partial charge in [-0.05, 0) is 6.54 Å². The van der Waals surface area contributed by atoms with Crippen LogP contribution in [0.5, 0.6) is 0 Å². The van der Waals surface area contributed by atoms with Crippen LogP contribution in [0.4, 0.5) is 0 Å². The summed E-state index contributed by atoms with van der Waals surface area (Å²) >= 11 is 5.08. The summed E-state index contributed by atoms with van der Waals surface area (Å²) in [6.07, 6.45) is 0. The minimum atomic E-state index is -4.64. The van der Waals surface area contributed by atoms with Crippen LogP contribution in [0.1, 0.15) is 10.8 Å². The maximum Gasteiger partial charge on any atom is 1.00 e. The zero-order valence-corrected chi connectivity index (χ0v) is 12.6. The molecule has 1 atom stereocenters. The molecule has 0 aliphatic heterocycles. The topological polar surface area (TPSA) is 104 Å². The molecular weight excluding hydrogens is 260 g/mol. The van der Waals surface area contributed by atoms with Gasteiger partial charge >= 0.3 is 37.4 Å². The molecule has 0 amide bonds. The summed E-state index contributed by atoms with van der Waals surface area (Å²) in [6.45, 7) is 0.541. The Balaban J connectivity index is 0. The summed E-state index contributed by atoms with van der Waals surface area (Å²) in [5, 5.41) is 0.0706. The van der Waals surface area contributed by atoms with Crippen molar-refractivity contribution in [3.8, 4) is 0 Å². The molecule has 1 aromatic carbocycles. The van der Waals surface area contributed by atoms with Crippen LogP contribution in [0, 0.1) is 0 Å². The van der Waals surface area contributed by atoms with Crippen molar-refractivity contribution in [3.05, 3.63) is 35.9 Å². The normalized spacial score (nSPS) is 11.8. The van der Waals surface area contributed by atoms with E-state index in [1.807, 2.05) is 30.3 Å². The quantitative estimate of drug-likeness (QED) is 0.266. The SMILES string of the molecule is NCC([S-])c1ccccc1.O=P(O)(O)O.[Na+]. The number of benzene rings is 1. The minimum absolute atomic E-state index is 0. The van der Waals surface area contributed by atoms with E-state index >= 15 is 0 Å². The van der Waals surface area contributed by atoms with Crippen LogP contribution in [0.15, 0.2) is 30.3 Å². The molecule has 1 unspecified atom stereocenters. The molecule has 0 bridgehead atoms. The van der Waals surface area contributed by atoms with Crippen molar-refractivity contribution in [2.24, 2.45) is 5.73 Å². The first-order chi connectivity index (χ1) is 6.84. The Hall–Kier alpha value is 0.640. The Morgan fingerprint density at radius 2 is 1.62 bits per heavy atom. The molecule has 0 aliphatic rings. The summed E-state index contributed by atoms with van der Waals surface area (Å²) in [5.41, 5.74) is 6.54. The van der Waals surface area contributed by atoms with Crippen molar-refractivity contribution in [1.29, 1.82) is 0 Å². The van der Waals surface area contributed by atoms with E-state index in [1.165, 1.54) is 0 Å². The largest absolute Gasteiger partial charge is 1.00 e. The minimum Gasteiger partial charge on any atom is -0.783 e. The molecule has 0 saturated heterocycles. The van der Waals surface area contributed by atoms with E-state index in [0.29, 0.717) is 6.54 Å². The van der Waals surface area contributed by atoms with Gasteiger partial charge in [-0.15, -0.1) is 5.25 Å². The second-order valence-electron chi connectivity index (χ2n) is 2.65. The first-order valence-corrected chi connectivity index (χ1v) is 6.07. The Morgan fingerprint density at radius 3 is 1.94 bits per heavy atom. The second-order valence-corrected chi connectivity index (χ2v) is 4.24. The van der Waals surface area contributed by atoms with Crippen LogP contribution >= 0.6 is 7.82 Å². The molecule has 0 spiro atoms. The molecule has 86 valence electrons. The Labute approximate surface area is 122 Å². The Morgan fingerprint density at radius 1 is 1.25 bits per heavy atom. The Bertz CT molecular complexity index is 313. The van der Waals surface area contributed by atoms with Gasteiger partial charge in [0.15, 0.2) is 0 Å². The van der Waals surface area contributed by atoms with E-state index in [9.17, 15) is 0 Å². The van der Waals surface area contributed by atoms with Gasteiger partial charge in [0.25, 0.3) is 0 Å². The summed E-state index contributed by atoms with van der Waals surface area (Å²) in [7, 11) is -4.64. The van der Waals surface area contributed by atoms with Crippen molar-refractivity contribution in [1.82, 2.24) is 0 Å². The maximum atomic E-state index is 8.88. The van der Waals surface area contributed by atoms with E-state index in [0.717, 1.165) is 5.56 Å². The monoisotopic (exact) mass is 273 g/mol. The van der Waals surface area contributed by atoms with E-state index in [2.05, 4.69) is 0 Å². The number of nitrogens with two attached hydrogens (primary N) is 1. The van der Waals surface area contributed by atoms with Gasteiger partial charge in [-0.25, -0.2) is 4.57 Å². The van der Waals surface area contributed by atoms with Gasteiger partial charge in [0.1, 0.15) is 0 Å². The molecule has 0 heterocycles. The molecule has 0 saturated carbocycles. The zero-order valence-electron chi connectivity index (χ0n) is 8.85. The van der Waals surface area contributed by atoms with Gasteiger partial charge in [-0.1, -0.05) is 35.9 Å². The van der Waals surface area contributed by atoms with E-state index in [4.69, 9.17) is 37.6 Å². The third-order valence-corrected chi connectivity index (χ3v) is 1.85. The molecule has 16 heavy (non-hydrogen) atoms. The average molecular weight is 273 g/mol. The fraction of sp³-hybridized carbons (Fsp3) is 0.250. The molecule has 5 N–H and O–H groups in total. The molecule has 5 nitrogen and oxygen atoms in total.